The number of nitrogens with zero attached hydrogens (tertiary/aromatic N) is 1. The van der Waals surface area contributed by atoms with E-state index in [9.17, 15) is 5.11 Å². The lowest BCUT2D eigenvalue weighted by atomic mass is 10.0. The van der Waals surface area contributed by atoms with Gasteiger partial charge in [0.1, 0.15) is 0 Å². The van der Waals surface area contributed by atoms with Gasteiger partial charge in [-0.1, -0.05) is 30.3 Å². The van der Waals surface area contributed by atoms with Crippen LogP contribution in [0.25, 0.3) is 0 Å². The Balaban J connectivity index is 0.00000132. The van der Waals surface area contributed by atoms with E-state index in [1.54, 1.807) is 11.3 Å². The molecule has 1 saturated heterocycles. The first-order valence-corrected chi connectivity index (χ1v) is 8.23. The molecule has 0 radical (unpaired) electrons. The van der Waals surface area contributed by atoms with Crippen molar-refractivity contribution in [2.24, 2.45) is 0 Å². The fourth-order valence-electron chi connectivity index (χ4n) is 2.59. The molecule has 3 N–H and O–H groups in total. The van der Waals surface area contributed by atoms with Crippen molar-refractivity contribution >= 4 is 36.2 Å². The molecule has 1 fully saturated rings. The Hall–Kier alpha value is -0.690. The van der Waals surface area contributed by atoms with E-state index in [4.69, 9.17) is 0 Å². The third kappa shape index (κ3) is 6.03. The minimum atomic E-state index is -0.594. The zero-order valence-electron chi connectivity index (χ0n) is 12.8. The van der Waals surface area contributed by atoms with E-state index in [1.165, 1.54) is 5.56 Å². The molecule has 7 heteroatoms. The summed E-state index contributed by atoms with van der Waals surface area (Å²) in [5.41, 5.74) is 1.75. The Kier molecular flexibility index (Phi) is 8.47. The van der Waals surface area contributed by atoms with E-state index in [2.05, 4.69) is 45.3 Å². The molecule has 3 rings (SSSR count). The fraction of sp³-hybridized carbons (Fsp3) is 0.438. The standard InChI is InChI=1S/C16H21N3OS.2ClH/c20-16(6-7-17-11-16)12-18-9-14-10-21-15(19-14)8-13-4-2-1-3-5-13;;/h1-5,10,17-18,20H,6-9,11-12H2;2*1H. The molecule has 0 spiro atoms. The van der Waals surface area contributed by atoms with Crippen molar-refractivity contribution in [2.75, 3.05) is 19.6 Å². The lowest BCUT2D eigenvalue weighted by Gasteiger charge is -2.21. The molecule has 2 heterocycles. The second-order valence-corrected chi connectivity index (χ2v) is 6.59. The molecule has 2 aromatic rings. The van der Waals surface area contributed by atoms with Gasteiger partial charge in [-0.25, -0.2) is 4.98 Å². The van der Waals surface area contributed by atoms with Crippen LogP contribution in [-0.4, -0.2) is 35.3 Å². The highest BCUT2D eigenvalue weighted by Crippen LogP contribution is 2.16. The summed E-state index contributed by atoms with van der Waals surface area (Å²) in [4.78, 5) is 4.65. The van der Waals surface area contributed by atoms with Crippen molar-refractivity contribution in [2.45, 2.75) is 25.0 Å². The van der Waals surface area contributed by atoms with Crippen LogP contribution in [0.5, 0.6) is 0 Å². The quantitative estimate of drug-likeness (QED) is 0.725. The Labute approximate surface area is 153 Å². The Bertz CT molecular complexity index is 574. The molecular weight excluding hydrogens is 353 g/mol. The van der Waals surface area contributed by atoms with E-state index in [1.807, 2.05) is 6.07 Å². The van der Waals surface area contributed by atoms with E-state index >= 15 is 0 Å². The Morgan fingerprint density at radius 2 is 2.04 bits per heavy atom. The monoisotopic (exact) mass is 375 g/mol. The summed E-state index contributed by atoms with van der Waals surface area (Å²) in [5.74, 6) is 0. The van der Waals surface area contributed by atoms with Gasteiger partial charge in [0, 0.05) is 31.4 Å². The molecule has 1 aliphatic heterocycles. The summed E-state index contributed by atoms with van der Waals surface area (Å²) in [6.45, 7) is 2.91. The first-order valence-electron chi connectivity index (χ1n) is 7.35. The molecular formula is C16H23Cl2N3OS. The highest BCUT2D eigenvalue weighted by molar-refractivity contribution is 7.09. The Morgan fingerprint density at radius 1 is 1.26 bits per heavy atom. The van der Waals surface area contributed by atoms with E-state index in [0.29, 0.717) is 19.6 Å². The summed E-state index contributed by atoms with van der Waals surface area (Å²) in [7, 11) is 0. The summed E-state index contributed by atoms with van der Waals surface area (Å²) in [5, 5.41) is 20.0. The van der Waals surface area contributed by atoms with Gasteiger partial charge in [-0.15, -0.1) is 36.2 Å². The van der Waals surface area contributed by atoms with Gasteiger partial charge < -0.3 is 15.7 Å². The summed E-state index contributed by atoms with van der Waals surface area (Å²) < 4.78 is 0. The van der Waals surface area contributed by atoms with Crippen LogP contribution in [0.15, 0.2) is 35.7 Å². The van der Waals surface area contributed by atoms with Crippen molar-refractivity contribution in [1.82, 2.24) is 15.6 Å². The zero-order valence-corrected chi connectivity index (χ0v) is 15.3. The SMILES string of the molecule is Cl.Cl.OC1(CNCc2csc(Cc3ccccc3)n2)CCNC1. The van der Waals surface area contributed by atoms with Gasteiger partial charge in [-0.2, -0.15) is 0 Å². The predicted octanol–water partition coefficient (Wildman–Crippen LogP) is 2.39. The number of aromatic nitrogens is 1. The number of nitrogens with one attached hydrogen (secondary N) is 2. The van der Waals surface area contributed by atoms with Crippen LogP contribution < -0.4 is 10.6 Å². The van der Waals surface area contributed by atoms with Crippen LogP contribution in [0.3, 0.4) is 0 Å². The van der Waals surface area contributed by atoms with Crippen LogP contribution in [0.2, 0.25) is 0 Å². The average Bonchev–Trinajstić information content (AvgIpc) is 3.10. The molecule has 4 nitrogen and oxygen atoms in total. The van der Waals surface area contributed by atoms with Gasteiger partial charge in [0.15, 0.2) is 0 Å². The molecule has 1 aromatic heterocycles. The molecule has 1 aromatic carbocycles. The number of halogens is 2. The topological polar surface area (TPSA) is 57.2 Å². The lowest BCUT2D eigenvalue weighted by molar-refractivity contribution is 0.0608. The molecule has 1 atom stereocenters. The van der Waals surface area contributed by atoms with E-state index < -0.39 is 5.60 Å². The summed E-state index contributed by atoms with van der Waals surface area (Å²) >= 11 is 1.70. The van der Waals surface area contributed by atoms with Crippen molar-refractivity contribution in [3.8, 4) is 0 Å². The second kappa shape index (κ2) is 9.57. The van der Waals surface area contributed by atoms with Gasteiger partial charge in [0.05, 0.1) is 16.3 Å². The predicted molar refractivity (Wildman–Crippen MR) is 100 cm³/mol. The lowest BCUT2D eigenvalue weighted by Crippen LogP contribution is -2.42. The molecule has 23 heavy (non-hydrogen) atoms. The van der Waals surface area contributed by atoms with Gasteiger partial charge in [0.2, 0.25) is 0 Å². The van der Waals surface area contributed by atoms with E-state index in [-0.39, 0.29) is 24.8 Å². The minimum Gasteiger partial charge on any atom is -0.387 e. The third-order valence-electron chi connectivity index (χ3n) is 3.78. The number of aliphatic hydroxyl groups is 1. The number of rotatable bonds is 6. The smallest absolute Gasteiger partial charge is 0.0972 e. The van der Waals surface area contributed by atoms with Gasteiger partial charge in [-0.05, 0) is 18.5 Å². The second-order valence-electron chi connectivity index (χ2n) is 5.65. The molecule has 0 amide bonds. The van der Waals surface area contributed by atoms with Crippen molar-refractivity contribution < 1.29 is 5.11 Å². The van der Waals surface area contributed by atoms with Crippen LogP contribution in [0.4, 0.5) is 0 Å². The molecule has 1 unspecified atom stereocenters. The highest BCUT2D eigenvalue weighted by atomic mass is 35.5. The molecule has 0 aliphatic carbocycles. The first-order chi connectivity index (χ1) is 10.2. The molecule has 0 saturated carbocycles. The van der Waals surface area contributed by atoms with Gasteiger partial charge >= 0.3 is 0 Å². The molecule has 128 valence electrons. The fourth-order valence-corrected chi connectivity index (χ4v) is 3.41. The number of thiazole rings is 1. The van der Waals surface area contributed by atoms with Crippen LogP contribution >= 0.6 is 36.2 Å². The largest absolute Gasteiger partial charge is 0.387 e. The Morgan fingerprint density at radius 3 is 2.74 bits per heavy atom. The van der Waals surface area contributed by atoms with Crippen LogP contribution in [0.1, 0.15) is 22.7 Å². The maximum atomic E-state index is 10.2. The normalized spacial score (nSPS) is 19.9. The number of β-amino-alcohol motifs (C(OH)–C–C–N with tert-alkyl or cyclic N) is 1. The number of hydrogen-bond acceptors (Lipinski definition) is 5. The highest BCUT2D eigenvalue weighted by Gasteiger charge is 2.30. The van der Waals surface area contributed by atoms with Crippen molar-refractivity contribution in [3.05, 3.63) is 52.0 Å². The maximum Gasteiger partial charge on any atom is 0.0972 e. The summed E-state index contributed by atoms with van der Waals surface area (Å²) in [6, 6.07) is 10.4. The first kappa shape index (κ1) is 20.4. The van der Waals surface area contributed by atoms with Gasteiger partial charge in [0.25, 0.3) is 0 Å². The molecule has 1 aliphatic rings. The molecule has 0 bridgehead atoms. The van der Waals surface area contributed by atoms with Crippen molar-refractivity contribution in [3.63, 3.8) is 0 Å². The van der Waals surface area contributed by atoms with Crippen LogP contribution in [-0.2, 0) is 13.0 Å². The third-order valence-corrected chi connectivity index (χ3v) is 4.68. The number of benzene rings is 1. The van der Waals surface area contributed by atoms with E-state index in [0.717, 1.165) is 30.1 Å². The van der Waals surface area contributed by atoms with Crippen LogP contribution in [0, 0.1) is 0 Å². The summed E-state index contributed by atoms with van der Waals surface area (Å²) in [6.07, 6.45) is 1.70. The van der Waals surface area contributed by atoms with Gasteiger partial charge in [-0.3, -0.25) is 0 Å². The average molecular weight is 376 g/mol. The minimum absolute atomic E-state index is 0. The maximum absolute atomic E-state index is 10.2. The zero-order chi connectivity index (χ0) is 14.5. The number of hydrogen-bond donors (Lipinski definition) is 3. The van der Waals surface area contributed by atoms with Crippen molar-refractivity contribution in [1.29, 1.82) is 0 Å².